The molecular weight excluding hydrogens is 195 g/mol. The average molecular weight is 208 g/mol. The lowest BCUT2D eigenvalue weighted by molar-refractivity contribution is -0.138. The smallest absolute Gasteiger partial charge is 0.311 e. The highest BCUT2D eigenvalue weighted by molar-refractivity contribution is 5.76. The first-order chi connectivity index (χ1) is 7.15. The van der Waals surface area contributed by atoms with Gasteiger partial charge in [-0.25, -0.2) is 4.39 Å². The van der Waals surface area contributed by atoms with E-state index in [0.717, 1.165) is 0 Å². The second-order valence-electron chi connectivity index (χ2n) is 3.25. The summed E-state index contributed by atoms with van der Waals surface area (Å²) in [5, 5.41) is 8.99. The summed E-state index contributed by atoms with van der Waals surface area (Å²) in [6, 6.07) is 5.58. The number of benzene rings is 1. The summed E-state index contributed by atoms with van der Waals surface area (Å²) in [6.07, 6.45) is 4.03. The second kappa shape index (κ2) is 5.29. The lowest BCUT2D eigenvalue weighted by atomic mass is 9.96. The molecule has 0 radical (unpaired) electrons. The van der Waals surface area contributed by atoms with Crippen molar-refractivity contribution >= 4 is 5.97 Å². The number of rotatable bonds is 4. The number of carbonyl (C=O) groups is 1. The molecule has 0 bridgehead atoms. The summed E-state index contributed by atoms with van der Waals surface area (Å²) in [4.78, 5) is 11.0. The van der Waals surface area contributed by atoms with E-state index in [1.54, 1.807) is 12.2 Å². The Hall–Kier alpha value is -1.64. The normalized spacial score (nSPS) is 12.9. The molecule has 0 amide bonds. The molecule has 0 saturated carbocycles. The summed E-state index contributed by atoms with van der Waals surface area (Å²) in [5.41, 5.74) is 0.627. The third-order valence-electron chi connectivity index (χ3n) is 2.18. The number of carboxylic acids is 1. The van der Waals surface area contributed by atoms with E-state index in [1.807, 2.05) is 6.92 Å². The summed E-state index contributed by atoms with van der Waals surface area (Å²) >= 11 is 0. The van der Waals surface area contributed by atoms with E-state index >= 15 is 0 Å². The number of allylic oxidation sites excluding steroid dienone is 2. The van der Waals surface area contributed by atoms with Gasteiger partial charge in [-0.1, -0.05) is 24.3 Å². The highest BCUT2D eigenvalue weighted by atomic mass is 19.1. The van der Waals surface area contributed by atoms with Gasteiger partial charge in [0.1, 0.15) is 5.82 Å². The minimum absolute atomic E-state index is 0.353. The van der Waals surface area contributed by atoms with E-state index in [-0.39, 0.29) is 5.82 Å². The van der Waals surface area contributed by atoms with Crippen molar-refractivity contribution < 1.29 is 14.3 Å². The largest absolute Gasteiger partial charge is 0.481 e. The van der Waals surface area contributed by atoms with Crippen LogP contribution < -0.4 is 0 Å². The molecule has 0 spiro atoms. The van der Waals surface area contributed by atoms with Crippen LogP contribution in [-0.2, 0) is 4.79 Å². The molecule has 0 aliphatic rings. The molecule has 2 nitrogen and oxygen atoms in total. The molecule has 80 valence electrons. The van der Waals surface area contributed by atoms with Crippen molar-refractivity contribution in [2.75, 3.05) is 0 Å². The lowest BCUT2D eigenvalue weighted by Gasteiger charge is -2.09. The van der Waals surface area contributed by atoms with Crippen LogP contribution >= 0.6 is 0 Å². The SMILES string of the molecule is CC=CCC(C(=O)O)c1ccc(F)cc1. The second-order valence-corrected chi connectivity index (χ2v) is 3.25. The molecule has 0 aliphatic heterocycles. The molecular formula is C12H13FO2. The first-order valence-corrected chi connectivity index (χ1v) is 4.74. The molecule has 0 fully saturated rings. The summed E-state index contributed by atoms with van der Waals surface area (Å²) in [7, 11) is 0. The van der Waals surface area contributed by atoms with Gasteiger partial charge in [0.25, 0.3) is 0 Å². The van der Waals surface area contributed by atoms with Crippen LogP contribution in [0, 0.1) is 5.82 Å². The van der Waals surface area contributed by atoms with Crippen molar-refractivity contribution in [3.05, 3.63) is 47.8 Å². The first-order valence-electron chi connectivity index (χ1n) is 4.74. The van der Waals surface area contributed by atoms with Crippen molar-refractivity contribution in [2.24, 2.45) is 0 Å². The van der Waals surface area contributed by atoms with Crippen LogP contribution in [0.4, 0.5) is 4.39 Å². The Kier molecular flexibility index (Phi) is 4.03. The predicted octanol–water partition coefficient (Wildman–Crippen LogP) is 2.96. The van der Waals surface area contributed by atoms with Crippen LogP contribution in [0.25, 0.3) is 0 Å². The van der Waals surface area contributed by atoms with Gasteiger partial charge in [-0.3, -0.25) is 4.79 Å². The van der Waals surface area contributed by atoms with E-state index in [0.29, 0.717) is 12.0 Å². The van der Waals surface area contributed by atoms with E-state index < -0.39 is 11.9 Å². The zero-order chi connectivity index (χ0) is 11.3. The van der Waals surface area contributed by atoms with Crippen LogP contribution in [0.2, 0.25) is 0 Å². The minimum atomic E-state index is -0.889. The number of halogens is 1. The third-order valence-corrected chi connectivity index (χ3v) is 2.18. The number of carboxylic acid groups (broad SMARTS) is 1. The maximum absolute atomic E-state index is 12.6. The zero-order valence-electron chi connectivity index (χ0n) is 8.48. The van der Waals surface area contributed by atoms with Crippen LogP contribution in [0.3, 0.4) is 0 Å². The quantitative estimate of drug-likeness (QED) is 0.772. The molecule has 1 atom stereocenters. The van der Waals surface area contributed by atoms with Crippen molar-refractivity contribution in [1.82, 2.24) is 0 Å². The van der Waals surface area contributed by atoms with Gasteiger partial charge >= 0.3 is 5.97 Å². The van der Waals surface area contributed by atoms with Crippen molar-refractivity contribution in [2.45, 2.75) is 19.3 Å². The highest BCUT2D eigenvalue weighted by Gasteiger charge is 2.17. The molecule has 1 aromatic rings. The highest BCUT2D eigenvalue weighted by Crippen LogP contribution is 2.20. The molecule has 0 saturated heterocycles. The van der Waals surface area contributed by atoms with Gasteiger partial charge in [-0.05, 0) is 31.0 Å². The summed E-state index contributed by atoms with van der Waals surface area (Å²) in [5.74, 6) is -1.84. The van der Waals surface area contributed by atoms with Crippen LogP contribution in [-0.4, -0.2) is 11.1 Å². The van der Waals surface area contributed by atoms with Gasteiger partial charge in [0.05, 0.1) is 5.92 Å². The molecule has 15 heavy (non-hydrogen) atoms. The molecule has 1 unspecified atom stereocenters. The Morgan fingerprint density at radius 2 is 2.07 bits per heavy atom. The van der Waals surface area contributed by atoms with Gasteiger partial charge in [0, 0.05) is 0 Å². The predicted molar refractivity (Wildman–Crippen MR) is 56.2 cm³/mol. The molecule has 0 aromatic heterocycles. The first kappa shape index (κ1) is 11.4. The van der Waals surface area contributed by atoms with Gasteiger partial charge in [-0.2, -0.15) is 0 Å². The molecule has 1 aromatic carbocycles. The van der Waals surface area contributed by atoms with Crippen LogP contribution in [0.15, 0.2) is 36.4 Å². The van der Waals surface area contributed by atoms with Gasteiger partial charge in [0.2, 0.25) is 0 Å². The topological polar surface area (TPSA) is 37.3 Å². The Balaban J connectivity index is 2.88. The van der Waals surface area contributed by atoms with Crippen LogP contribution in [0.1, 0.15) is 24.8 Å². The Morgan fingerprint density at radius 3 is 2.53 bits per heavy atom. The monoisotopic (exact) mass is 208 g/mol. The average Bonchev–Trinajstić information content (AvgIpc) is 2.21. The number of aliphatic carboxylic acids is 1. The van der Waals surface area contributed by atoms with Crippen molar-refractivity contribution in [3.8, 4) is 0 Å². The summed E-state index contributed by atoms with van der Waals surface area (Å²) in [6.45, 7) is 1.84. The van der Waals surface area contributed by atoms with Gasteiger partial charge < -0.3 is 5.11 Å². The van der Waals surface area contributed by atoms with E-state index in [4.69, 9.17) is 5.11 Å². The Morgan fingerprint density at radius 1 is 1.47 bits per heavy atom. The fourth-order valence-electron chi connectivity index (χ4n) is 1.35. The molecule has 3 heteroatoms. The number of hydrogen-bond acceptors (Lipinski definition) is 1. The fraction of sp³-hybridized carbons (Fsp3) is 0.250. The maximum Gasteiger partial charge on any atom is 0.311 e. The van der Waals surface area contributed by atoms with Crippen molar-refractivity contribution in [1.29, 1.82) is 0 Å². The van der Waals surface area contributed by atoms with Gasteiger partial charge in [0.15, 0.2) is 0 Å². The molecule has 1 N–H and O–H groups in total. The van der Waals surface area contributed by atoms with E-state index in [1.165, 1.54) is 24.3 Å². The molecule has 0 aliphatic carbocycles. The standard InChI is InChI=1S/C12H13FO2/c1-2-3-4-11(12(14)15)9-5-7-10(13)8-6-9/h2-3,5-8,11H,4H2,1H3,(H,14,15). The third kappa shape index (κ3) is 3.20. The van der Waals surface area contributed by atoms with E-state index in [2.05, 4.69) is 0 Å². The Labute approximate surface area is 88.1 Å². The maximum atomic E-state index is 12.6. The molecule has 0 heterocycles. The minimum Gasteiger partial charge on any atom is -0.481 e. The summed E-state index contributed by atoms with van der Waals surface area (Å²) < 4.78 is 12.6. The van der Waals surface area contributed by atoms with Crippen molar-refractivity contribution in [3.63, 3.8) is 0 Å². The van der Waals surface area contributed by atoms with Crippen LogP contribution in [0.5, 0.6) is 0 Å². The fourth-order valence-corrected chi connectivity index (χ4v) is 1.35. The molecule has 1 rings (SSSR count). The number of hydrogen-bond donors (Lipinski definition) is 1. The van der Waals surface area contributed by atoms with Gasteiger partial charge in [-0.15, -0.1) is 0 Å². The lowest BCUT2D eigenvalue weighted by Crippen LogP contribution is -2.10. The van der Waals surface area contributed by atoms with E-state index in [9.17, 15) is 9.18 Å². The zero-order valence-corrected chi connectivity index (χ0v) is 8.48. The Bertz CT molecular complexity index is 354.